The summed E-state index contributed by atoms with van der Waals surface area (Å²) in [6.07, 6.45) is 7.18. The van der Waals surface area contributed by atoms with E-state index < -0.39 is 11.9 Å². The van der Waals surface area contributed by atoms with Crippen LogP contribution in [0.1, 0.15) is 37.9 Å². The lowest BCUT2D eigenvalue weighted by Crippen LogP contribution is -2.59. The molecule has 1 aromatic heterocycles. The molecule has 1 aliphatic heterocycles. The molecule has 1 aromatic rings. The molecule has 0 saturated carbocycles. The van der Waals surface area contributed by atoms with Gasteiger partial charge in [-0.05, 0) is 50.6 Å². The Labute approximate surface area is 163 Å². The molecule has 0 aromatic carbocycles. The number of hydrogen-bond donors (Lipinski definition) is 4. The van der Waals surface area contributed by atoms with Crippen LogP contribution < -0.4 is 5.73 Å². The average molecular weight is 392 g/mol. The second kappa shape index (κ2) is 9.50. The van der Waals surface area contributed by atoms with Crippen molar-refractivity contribution in [3.05, 3.63) is 29.6 Å². The first-order valence-corrected chi connectivity index (χ1v) is 9.45. The predicted molar refractivity (Wildman–Crippen MR) is 101 cm³/mol. The predicted octanol–water partition coefficient (Wildman–Crippen LogP) is 0.811. The standard InChI is InChI=1S/C15H24N4O.C4H4O4/c1-3-4-19-9(2)12(15(16)20)5-10-6-13-11(7-14(10)19)8-17-18-13;5-3(6)1-2-4(7)8/h8-10,12,14H,3-7H2,1-2H3,(H2,16,20)(H,17,18);1-2H,(H,5,6)(H,7,8)/b;2-1+. The van der Waals surface area contributed by atoms with Crippen molar-refractivity contribution in [2.24, 2.45) is 17.6 Å². The number of amides is 1. The lowest BCUT2D eigenvalue weighted by atomic mass is 9.71. The molecule has 3 rings (SSSR count). The molecular weight excluding hydrogens is 364 g/mol. The second-order valence-electron chi connectivity index (χ2n) is 7.33. The van der Waals surface area contributed by atoms with Crippen LogP contribution in [0.4, 0.5) is 0 Å². The average Bonchev–Trinajstić information content (AvgIpc) is 3.08. The van der Waals surface area contributed by atoms with E-state index in [4.69, 9.17) is 15.9 Å². The number of nitrogens with one attached hydrogen (secondary N) is 1. The van der Waals surface area contributed by atoms with Crippen LogP contribution in [-0.4, -0.2) is 61.8 Å². The first-order valence-electron chi connectivity index (χ1n) is 9.45. The molecule has 1 saturated heterocycles. The molecule has 9 nitrogen and oxygen atoms in total. The van der Waals surface area contributed by atoms with Crippen LogP contribution in [0.2, 0.25) is 0 Å². The van der Waals surface area contributed by atoms with E-state index >= 15 is 0 Å². The fraction of sp³-hybridized carbons (Fsp3) is 0.579. The third-order valence-electron chi connectivity index (χ3n) is 5.54. The monoisotopic (exact) mass is 392 g/mol. The maximum absolute atomic E-state index is 11.8. The number of likely N-dealkylation sites (tertiary alicyclic amines) is 1. The molecule has 1 aliphatic carbocycles. The highest BCUT2D eigenvalue weighted by atomic mass is 16.4. The Morgan fingerprint density at radius 2 is 1.93 bits per heavy atom. The third-order valence-corrected chi connectivity index (χ3v) is 5.54. The molecule has 28 heavy (non-hydrogen) atoms. The maximum Gasteiger partial charge on any atom is 0.328 e. The number of aromatic nitrogens is 2. The zero-order valence-electron chi connectivity index (χ0n) is 16.2. The van der Waals surface area contributed by atoms with Crippen LogP contribution in [0.3, 0.4) is 0 Å². The van der Waals surface area contributed by atoms with E-state index in [1.165, 1.54) is 11.3 Å². The summed E-state index contributed by atoms with van der Waals surface area (Å²) in [7, 11) is 0. The van der Waals surface area contributed by atoms with E-state index in [9.17, 15) is 14.4 Å². The SMILES string of the molecule is CCCN1C(C)C(C(N)=O)CC2Cc3n[nH]cc3CC21.O=C(O)/C=C/C(=O)O. The minimum Gasteiger partial charge on any atom is -0.478 e. The van der Waals surface area contributed by atoms with Gasteiger partial charge < -0.3 is 15.9 Å². The number of rotatable bonds is 5. The summed E-state index contributed by atoms with van der Waals surface area (Å²) in [5, 5.41) is 23.0. The van der Waals surface area contributed by atoms with Gasteiger partial charge in [-0.1, -0.05) is 6.92 Å². The number of aromatic amines is 1. The van der Waals surface area contributed by atoms with Gasteiger partial charge >= 0.3 is 11.9 Å². The lowest BCUT2D eigenvalue weighted by Gasteiger charge is -2.50. The first kappa shape index (κ1) is 21.6. The number of nitrogens with two attached hydrogens (primary N) is 1. The summed E-state index contributed by atoms with van der Waals surface area (Å²) in [5.41, 5.74) is 8.15. The Balaban J connectivity index is 0.000000300. The molecule has 1 fully saturated rings. The third kappa shape index (κ3) is 5.19. The normalized spacial score (nSPS) is 26.6. The van der Waals surface area contributed by atoms with Gasteiger partial charge in [-0.15, -0.1) is 0 Å². The number of fused-ring (bicyclic) bond motifs is 2. The molecule has 0 spiro atoms. The lowest BCUT2D eigenvalue weighted by molar-refractivity contribution is -0.134. The van der Waals surface area contributed by atoms with E-state index in [-0.39, 0.29) is 17.9 Å². The summed E-state index contributed by atoms with van der Waals surface area (Å²) in [6.45, 7) is 5.40. The van der Waals surface area contributed by atoms with Crippen LogP contribution in [-0.2, 0) is 27.2 Å². The summed E-state index contributed by atoms with van der Waals surface area (Å²) in [5.74, 6) is -2.18. The smallest absolute Gasteiger partial charge is 0.328 e. The number of primary amides is 1. The van der Waals surface area contributed by atoms with Crippen LogP contribution in [0.25, 0.3) is 0 Å². The molecule has 2 aliphatic rings. The van der Waals surface area contributed by atoms with Crippen LogP contribution >= 0.6 is 0 Å². The molecule has 1 amide bonds. The minimum absolute atomic E-state index is 0.0247. The van der Waals surface area contributed by atoms with E-state index in [1.54, 1.807) is 0 Å². The van der Waals surface area contributed by atoms with Gasteiger partial charge in [0.15, 0.2) is 0 Å². The van der Waals surface area contributed by atoms with Crippen molar-refractivity contribution in [1.82, 2.24) is 15.1 Å². The molecule has 5 N–H and O–H groups in total. The van der Waals surface area contributed by atoms with Crippen molar-refractivity contribution in [2.75, 3.05) is 6.54 Å². The molecule has 154 valence electrons. The van der Waals surface area contributed by atoms with Crippen LogP contribution in [0.5, 0.6) is 0 Å². The van der Waals surface area contributed by atoms with Crippen molar-refractivity contribution in [2.45, 2.75) is 51.6 Å². The highest BCUT2D eigenvalue weighted by Gasteiger charge is 2.44. The molecule has 0 radical (unpaired) electrons. The molecule has 4 unspecified atom stereocenters. The summed E-state index contributed by atoms with van der Waals surface area (Å²) >= 11 is 0. The highest BCUT2D eigenvalue weighted by Crippen LogP contribution is 2.39. The van der Waals surface area contributed by atoms with Gasteiger partial charge in [-0.25, -0.2) is 9.59 Å². The number of carboxylic acid groups (broad SMARTS) is 2. The van der Waals surface area contributed by atoms with Gasteiger partial charge in [0.05, 0.1) is 11.6 Å². The molecular formula is C19H28N4O5. The van der Waals surface area contributed by atoms with Gasteiger partial charge in [0.25, 0.3) is 0 Å². The van der Waals surface area contributed by atoms with E-state index in [0.29, 0.717) is 24.1 Å². The number of carboxylic acids is 2. The zero-order chi connectivity index (χ0) is 20.8. The van der Waals surface area contributed by atoms with Gasteiger partial charge in [-0.3, -0.25) is 14.8 Å². The highest BCUT2D eigenvalue weighted by molar-refractivity contribution is 5.89. The van der Waals surface area contributed by atoms with Gasteiger partial charge in [0.1, 0.15) is 0 Å². The van der Waals surface area contributed by atoms with Crippen LogP contribution in [0.15, 0.2) is 18.3 Å². The Kier molecular flexibility index (Phi) is 7.33. The summed E-state index contributed by atoms with van der Waals surface area (Å²) in [4.78, 5) is 33.4. The number of piperidine rings is 1. The number of aliphatic carboxylic acids is 2. The molecule has 2 heterocycles. The fourth-order valence-corrected chi connectivity index (χ4v) is 4.28. The van der Waals surface area contributed by atoms with Crippen molar-refractivity contribution in [1.29, 1.82) is 0 Å². The van der Waals surface area contributed by atoms with E-state index in [2.05, 4.69) is 28.9 Å². The number of nitrogens with zero attached hydrogens (tertiary/aromatic N) is 2. The molecule has 9 heteroatoms. The fourth-order valence-electron chi connectivity index (χ4n) is 4.28. The summed E-state index contributed by atoms with van der Waals surface area (Å²) in [6, 6.07) is 0.785. The largest absolute Gasteiger partial charge is 0.478 e. The van der Waals surface area contributed by atoms with Crippen molar-refractivity contribution in [3.8, 4) is 0 Å². The number of H-pyrrole nitrogens is 1. The first-order chi connectivity index (χ1) is 13.2. The Bertz CT molecular complexity index is 728. The van der Waals surface area contributed by atoms with E-state index in [0.717, 1.165) is 32.2 Å². The van der Waals surface area contributed by atoms with Gasteiger partial charge in [-0.2, -0.15) is 5.10 Å². The number of carbonyl (C=O) groups is 3. The van der Waals surface area contributed by atoms with Crippen molar-refractivity contribution in [3.63, 3.8) is 0 Å². The quantitative estimate of drug-likeness (QED) is 0.542. The summed E-state index contributed by atoms with van der Waals surface area (Å²) < 4.78 is 0. The van der Waals surface area contributed by atoms with Crippen molar-refractivity contribution < 1.29 is 24.6 Å². The van der Waals surface area contributed by atoms with E-state index in [1.807, 2.05) is 6.20 Å². The maximum atomic E-state index is 11.8. The Hall–Kier alpha value is -2.68. The number of hydrogen-bond acceptors (Lipinski definition) is 5. The second-order valence-corrected chi connectivity index (χ2v) is 7.33. The van der Waals surface area contributed by atoms with Gasteiger partial charge in [0, 0.05) is 30.4 Å². The van der Waals surface area contributed by atoms with Crippen LogP contribution in [0, 0.1) is 11.8 Å². The Morgan fingerprint density at radius 3 is 2.46 bits per heavy atom. The topological polar surface area (TPSA) is 150 Å². The Morgan fingerprint density at radius 1 is 1.29 bits per heavy atom. The minimum atomic E-state index is -1.26. The molecule has 4 atom stereocenters. The zero-order valence-corrected chi connectivity index (χ0v) is 16.2. The molecule has 0 bridgehead atoms. The number of carbonyl (C=O) groups excluding carboxylic acids is 1. The van der Waals surface area contributed by atoms with Gasteiger partial charge in [0.2, 0.25) is 5.91 Å². The van der Waals surface area contributed by atoms with Crippen molar-refractivity contribution >= 4 is 17.8 Å².